The Bertz CT molecular complexity index is 1030. The highest BCUT2D eigenvalue weighted by Gasteiger charge is 2.48. The van der Waals surface area contributed by atoms with Crippen LogP contribution in [0.15, 0.2) is 24.1 Å². The predicted octanol–water partition coefficient (Wildman–Crippen LogP) is -0.746. The van der Waals surface area contributed by atoms with Crippen molar-refractivity contribution >= 4 is 35.1 Å². The fourth-order valence-electron chi connectivity index (χ4n) is 2.47. The second-order valence-corrected chi connectivity index (χ2v) is 10.4. The lowest BCUT2D eigenvalue weighted by Gasteiger charge is -2.19. The van der Waals surface area contributed by atoms with Crippen LogP contribution in [0, 0.1) is 0 Å². The van der Waals surface area contributed by atoms with E-state index in [1.165, 1.54) is 0 Å². The minimum absolute atomic E-state index is 0.0205. The summed E-state index contributed by atoms with van der Waals surface area (Å²) in [6.07, 6.45) is -5.11. The van der Waals surface area contributed by atoms with E-state index in [4.69, 9.17) is 30.9 Å². The van der Waals surface area contributed by atoms with Gasteiger partial charge in [0.1, 0.15) is 23.7 Å². The van der Waals surface area contributed by atoms with E-state index in [0.717, 1.165) is 17.1 Å². The monoisotopic (exact) mass is 525 g/mol. The Balaban J connectivity index is 2.09. The van der Waals surface area contributed by atoms with Crippen molar-refractivity contribution in [1.29, 1.82) is 0 Å². The number of anilines is 1. The molecular weight excluding hydrogens is 506 g/mol. The number of amidine groups is 1. The van der Waals surface area contributed by atoms with Crippen LogP contribution in [-0.2, 0) is 31.6 Å². The number of rotatable bonds is 10. The van der Waals surface area contributed by atoms with E-state index in [9.17, 15) is 28.1 Å². The van der Waals surface area contributed by atoms with E-state index in [-0.39, 0.29) is 17.3 Å². The Morgan fingerprint density at radius 1 is 1.31 bits per heavy atom. The van der Waals surface area contributed by atoms with Gasteiger partial charge in [-0.1, -0.05) is 6.58 Å². The van der Waals surface area contributed by atoms with E-state index in [1.807, 2.05) is 0 Å². The number of phosphoric ester groups is 1. The molecule has 0 bridgehead atoms. The van der Waals surface area contributed by atoms with Crippen molar-refractivity contribution < 1.29 is 60.6 Å². The zero-order chi connectivity index (χ0) is 24.5. The number of nitrogens with zero attached hydrogens (tertiary/aromatic N) is 3. The number of ether oxygens (including phenoxy) is 1. The molecule has 6 atom stereocenters. The molecule has 9 N–H and O–H groups in total. The number of aromatic nitrogens is 2. The summed E-state index contributed by atoms with van der Waals surface area (Å²) in [5.74, 6) is -0.303. The van der Waals surface area contributed by atoms with Gasteiger partial charge < -0.3 is 40.9 Å². The van der Waals surface area contributed by atoms with E-state index in [0.29, 0.717) is 0 Å². The van der Waals surface area contributed by atoms with Crippen molar-refractivity contribution in [3.8, 4) is 0 Å². The maximum atomic E-state index is 14.4. The highest BCUT2D eigenvalue weighted by atomic mass is 31.3. The molecule has 1 aromatic heterocycles. The van der Waals surface area contributed by atoms with E-state index < -0.39 is 54.7 Å². The first-order valence-corrected chi connectivity index (χ1v) is 12.6. The Kier molecular flexibility index (Phi) is 8.16. The lowest BCUT2D eigenvalue weighted by atomic mass is 10.1. The highest BCUT2D eigenvalue weighted by molar-refractivity contribution is 7.66. The molecule has 1 aliphatic rings. The summed E-state index contributed by atoms with van der Waals surface area (Å²) in [4.78, 5) is 43.0. The fraction of sp³-hybridized carbons (Fsp3) is 0.455. The van der Waals surface area contributed by atoms with Gasteiger partial charge in [-0.15, -0.1) is 0 Å². The number of hydrogen-bond donors (Lipinski definition) is 7. The maximum absolute atomic E-state index is 14.4. The first-order chi connectivity index (χ1) is 14.6. The minimum Gasteiger partial charge on any atom is -0.385 e. The summed E-state index contributed by atoms with van der Waals surface area (Å²) in [6.45, 7) is 2.24. The second-order valence-electron chi connectivity index (χ2n) is 5.97. The van der Waals surface area contributed by atoms with Crippen molar-refractivity contribution in [1.82, 2.24) is 9.55 Å². The zero-order valence-corrected chi connectivity index (χ0v) is 18.4. The molecule has 0 radical (unpaired) electrons. The molecule has 2 rings (SSSR count). The van der Waals surface area contributed by atoms with Gasteiger partial charge >= 0.3 is 23.5 Å². The Hall–Kier alpha value is -1.52. The third kappa shape index (κ3) is 6.74. The van der Waals surface area contributed by atoms with Gasteiger partial charge in [0.25, 0.3) is 0 Å². The molecule has 0 aliphatic carbocycles. The molecule has 1 saturated heterocycles. The van der Waals surface area contributed by atoms with Crippen molar-refractivity contribution in [3.63, 3.8) is 0 Å². The van der Waals surface area contributed by atoms with E-state index in [1.54, 1.807) is 0 Å². The summed E-state index contributed by atoms with van der Waals surface area (Å²) in [6, 6.07) is 0. The number of aliphatic imine (C=N–C) groups is 1. The van der Waals surface area contributed by atoms with Crippen molar-refractivity contribution in [2.45, 2.75) is 24.6 Å². The largest absolute Gasteiger partial charge is 0.490 e. The molecule has 21 heteroatoms. The standard InChI is InChI=1S/C11H19FN5O12P3/c1-2-15-9(13)7-10(14)17(4-16-7)11-8(18)6(12)5(27-11)3-26-31(22,23)29-32(24,25)28-30(19,20)21/h2,4-6,8,11,18H,1,3,14H2,(H2,13,15)(H,22,23)(H,24,25)(H2,19,20,21). The molecule has 2 heterocycles. The number of halogens is 1. The number of aliphatic hydroxyl groups is 1. The van der Waals surface area contributed by atoms with Gasteiger partial charge in [-0.2, -0.15) is 8.62 Å². The van der Waals surface area contributed by atoms with Crippen molar-refractivity contribution in [2.75, 3.05) is 12.3 Å². The van der Waals surface area contributed by atoms with Crippen LogP contribution in [0.3, 0.4) is 0 Å². The van der Waals surface area contributed by atoms with Gasteiger partial charge in [-0.05, 0) is 0 Å². The lowest BCUT2D eigenvalue weighted by molar-refractivity contribution is -0.0496. The third-order valence-corrected chi connectivity index (χ3v) is 7.49. The van der Waals surface area contributed by atoms with Crippen LogP contribution in [0.25, 0.3) is 0 Å². The van der Waals surface area contributed by atoms with Crippen LogP contribution < -0.4 is 11.5 Å². The van der Waals surface area contributed by atoms with Crippen LogP contribution in [-0.4, -0.2) is 65.1 Å². The van der Waals surface area contributed by atoms with Gasteiger partial charge in [0, 0.05) is 6.20 Å². The van der Waals surface area contributed by atoms with Crippen molar-refractivity contribution in [3.05, 3.63) is 24.8 Å². The summed E-state index contributed by atoms with van der Waals surface area (Å²) in [5, 5.41) is 10.1. The molecule has 0 amide bonds. The molecule has 17 nitrogen and oxygen atoms in total. The molecule has 6 unspecified atom stereocenters. The summed E-state index contributed by atoms with van der Waals surface area (Å²) in [5.41, 5.74) is 11.5. The first kappa shape index (κ1) is 26.7. The first-order valence-electron chi connectivity index (χ1n) is 8.09. The van der Waals surface area contributed by atoms with E-state index >= 15 is 0 Å². The molecule has 1 aliphatic heterocycles. The van der Waals surface area contributed by atoms with Gasteiger partial charge in [0.15, 0.2) is 18.2 Å². The maximum Gasteiger partial charge on any atom is 0.490 e. The topological polar surface area (TPSA) is 271 Å². The normalized spacial score (nSPS) is 28.2. The number of aliphatic hydroxyl groups excluding tert-OH is 1. The fourth-order valence-corrected chi connectivity index (χ4v) is 5.50. The average molecular weight is 525 g/mol. The van der Waals surface area contributed by atoms with Gasteiger partial charge in [0.2, 0.25) is 0 Å². The zero-order valence-electron chi connectivity index (χ0n) is 15.7. The molecule has 0 aromatic carbocycles. The van der Waals surface area contributed by atoms with Gasteiger partial charge in [0.05, 0.1) is 12.9 Å². The SMILES string of the molecule is C=CN=C(N)c1ncn(C2OC(COP(=O)(O)OP(=O)(O)OP(=O)(O)O)C(F)C2O)c1N. The third-order valence-electron chi connectivity index (χ3n) is 3.68. The summed E-state index contributed by atoms with van der Waals surface area (Å²) in [7, 11) is -16.8. The average Bonchev–Trinajstić information content (AvgIpc) is 3.11. The number of imidazole rings is 1. The molecule has 182 valence electrons. The number of phosphoric acid groups is 3. The predicted molar refractivity (Wildman–Crippen MR) is 102 cm³/mol. The van der Waals surface area contributed by atoms with Crippen LogP contribution in [0.5, 0.6) is 0 Å². The minimum atomic E-state index is -5.75. The molecule has 32 heavy (non-hydrogen) atoms. The molecular formula is C11H19FN5O12P3. The van der Waals surface area contributed by atoms with Crippen LogP contribution in [0.1, 0.15) is 11.9 Å². The number of nitrogens with two attached hydrogens (primary N) is 2. The number of nitrogen functional groups attached to an aromatic ring is 1. The smallest absolute Gasteiger partial charge is 0.385 e. The number of hydrogen-bond acceptors (Lipinski definition) is 11. The van der Waals surface area contributed by atoms with Gasteiger partial charge in [-0.25, -0.2) is 28.1 Å². The van der Waals surface area contributed by atoms with Crippen LogP contribution in [0.2, 0.25) is 0 Å². The Morgan fingerprint density at radius 3 is 2.50 bits per heavy atom. The highest BCUT2D eigenvalue weighted by Crippen LogP contribution is 2.66. The van der Waals surface area contributed by atoms with E-state index in [2.05, 4.69) is 29.7 Å². The van der Waals surface area contributed by atoms with Crippen molar-refractivity contribution in [2.24, 2.45) is 10.7 Å². The lowest BCUT2D eigenvalue weighted by Crippen LogP contribution is -2.30. The van der Waals surface area contributed by atoms with Crippen LogP contribution in [0.4, 0.5) is 10.2 Å². The molecule has 0 spiro atoms. The second kappa shape index (κ2) is 9.77. The Morgan fingerprint density at radius 2 is 1.94 bits per heavy atom. The molecule has 0 saturated carbocycles. The summed E-state index contributed by atoms with van der Waals surface area (Å²) < 4.78 is 65.7. The Labute approximate surface area is 178 Å². The summed E-state index contributed by atoms with van der Waals surface area (Å²) >= 11 is 0. The van der Waals surface area contributed by atoms with Gasteiger partial charge in [-0.3, -0.25) is 9.09 Å². The number of alkyl halides is 1. The quantitative estimate of drug-likeness (QED) is 0.112. The van der Waals surface area contributed by atoms with Crippen LogP contribution >= 0.6 is 23.5 Å². The molecule has 1 aromatic rings. The molecule has 1 fully saturated rings.